The average Bonchev–Trinajstić information content (AvgIpc) is 2.36. The Balaban J connectivity index is 2.21. The van der Waals surface area contributed by atoms with Gasteiger partial charge in [-0.3, -0.25) is 4.79 Å². The lowest BCUT2D eigenvalue weighted by Crippen LogP contribution is -2.35. The zero-order valence-electron chi connectivity index (χ0n) is 11.4. The Morgan fingerprint density at radius 1 is 1.29 bits per heavy atom. The molecule has 1 amide bonds. The minimum absolute atomic E-state index is 0.156. The number of rotatable bonds is 6. The molecule has 0 bridgehead atoms. The van der Waals surface area contributed by atoms with Gasteiger partial charge in [-0.25, -0.2) is 0 Å². The highest BCUT2D eigenvalue weighted by Crippen LogP contribution is 2.28. The maximum absolute atomic E-state index is 11.9. The molecule has 1 saturated carbocycles. The first-order valence-electron chi connectivity index (χ1n) is 7.11. The van der Waals surface area contributed by atoms with Crippen LogP contribution < -0.4 is 11.1 Å². The maximum atomic E-state index is 11.9. The number of amides is 1. The molecule has 2 unspecified atom stereocenters. The molecule has 2 atom stereocenters. The number of nitrogens with one attached hydrogen (secondary N) is 1. The van der Waals surface area contributed by atoms with E-state index in [1.807, 2.05) is 0 Å². The number of hydrogen-bond donors (Lipinski definition) is 2. The highest BCUT2D eigenvalue weighted by molar-refractivity contribution is 5.78. The van der Waals surface area contributed by atoms with Crippen molar-refractivity contribution in [3.63, 3.8) is 0 Å². The first kappa shape index (κ1) is 14.5. The summed E-state index contributed by atoms with van der Waals surface area (Å²) in [6.07, 6.45) is 7.77. The summed E-state index contributed by atoms with van der Waals surface area (Å²) < 4.78 is 0. The van der Waals surface area contributed by atoms with E-state index in [2.05, 4.69) is 19.2 Å². The summed E-state index contributed by atoms with van der Waals surface area (Å²) in [6, 6.07) is 0. The van der Waals surface area contributed by atoms with Crippen molar-refractivity contribution in [2.24, 2.45) is 23.5 Å². The predicted octanol–water partition coefficient (Wildman–Crippen LogP) is 2.30. The third kappa shape index (κ3) is 5.53. The molecule has 3 heteroatoms. The molecule has 0 heterocycles. The fourth-order valence-electron chi connectivity index (χ4n) is 2.56. The van der Waals surface area contributed by atoms with Gasteiger partial charge in [0.15, 0.2) is 0 Å². The van der Waals surface area contributed by atoms with Crippen LogP contribution in [-0.4, -0.2) is 19.0 Å². The van der Waals surface area contributed by atoms with Crippen molar-refractivity contribution >= 4 is 5.91 Å². The Kier molecular flexibility index (Phi) is 6.56. The summed E-state index contributed by atoms with van der Waals surface area (Å²) in [5.41, 5.74) is 5.53. The molecule has 1 fully saturated rings. The lowest BCUT2D eigenvalue weighted by atomic mass is 9.83. The van der Waals surface area contributed by atoms with Crippen molar-refractivity contribution in [3.05, 3.63) is 0 Å². The number of carbonyl (C=O) groups excluding carboxylic acids is 1. The van der Waals surface area contributed by atoms with Crippen molar-refractivity contribution in [2.75, 3.05) is 13.1 Å². The minimum atomic E-state index is 0.156. The normalized spacial score (nSPS) is 20.9. The highest BCUT2D eigenvalue weighted by atomic mass is 16.1. The maximum Gasteiger partial charge on any atom is 0.222 e. The second-order valence-corrected chi connectivity index (χ2v) is 5.73. The van der Waals surface area contributed by atoms with Crippen molar-refractivity contribution < 1.29 is 4.79 Å². The van der Waals surface area contributed by atoms with Crippen molar-refractivity contribution in [1.82, 2.24) is 5.32 Å². The molecule has 0 aliphatic heterocycles. The van der Waals surface area contributed by atoms with E-state index in [1.54, 1.807) is 0 Å². The number of hydrogen-bond acceptors (Lipinski definition) is 2. The van der Waals surface area contributed by atoms with Gasteiger partial charge in [-0.1, -0.05) is 46.0 Å². The zero-order valence-corrected chi connectivity index (χ0v) is 11.4. The van der Waals surface area contributed by atoms with Gasteiger partial charge in [0.2, 0.25) is 5.91 Å². The highest BCUT2D eigenvalue weighted by Gasteiger charge is 2.20. The van der Waals surface area contributed by atoms with Gasteiger partial charge in [-0.2, -0.15) is 0 Å². The van der Waals surface area contributed by atoms with Crippen molar-refractivity contribution in [2.45, 2.75) is 52.4 Å². The molecular formula is C14H28N2O. The van der Waals surface area contributed by atoms with Gasteiger partial charge >= 0.3 is 0 Å². The molecule has 0 aromatic heterocycles. The first-order valence-corrected chi connectivity index (χ1v) is 7.11. The summed E-state index contributed by atoms with van der Waals surface area (Å²) in [6.45, 7) is 5.46. The van der Waals surface area contributed by atoms with Crippen molar-refractivity contribution in [1.29, 1.82) is 0 Å². The van der Waals surface area contributed by atoms with Crippen LogP contribution in [0.3, 0.4) is 0 Å². The van der Waals surface area contributed by atoms with Crippen LogP contribution >= 0.6 is 0 Å². The molecule has 0 radical (unpaired) electrons. The molecule has 1 aliphatic rings. The summed E-state index contributed by atoms with van der Waals surface area (Å²) in [5.74, 6) is 1.51. The summed E-state index contributed by atoms with van der Waals surface area (Å²) in [4.78, 5) is 11.9. The Morgan fingerprint density at radius 2 is 1.94 bits per heavy atom. The molecule has 3 nitrogen and oxygen atoms in total. The van der Waals surface area contributed by atoms with Gasteiger partial charge in [0, 0.05) is 12.5 Å². The van der Waals surface area contributed by atoms with E-state index in [-0.39, 0.29) is 11.8 Å². The number of nitrogens with two attached hydrogens (primary N) is 1. The van der Waals surface area contributed by atoms with Crippen LogP contribution in [0.1, 0.15) is 52.4 Å². The van der Waals surface area contributed by atoms with Gasteiger partial charge in [0.1, 0.15) is 0 Å². The third-order valence-corrected chi connectivity index (χ3v) is 3.89. The van der Waals surface area contributed by atoms with Crippen molar-refractivity contribution in [3.8, 4) is 0 Å². The Hall–Kier alpha value is -0.570. The summed E-state index contributed by atoms with van der Waals surface area (Å²) >= 11 is 0. The van der Waals surface area contributed by atoms with Crippen LogP contribution in [0.4, 0.5) is 0 Å². The Labute approximate surface area is 106 Å². The van der Waals surface area contributed by atoms with E-state index in [9.17, 15) is 4.79 Å². The van der Waals surface area contributed by atoms with Crippen LogP contribution in [0.15, 0.2) is 0 Å². The van der Waals surface area contributed by atoms with E-state index in [0.29, 0.717) is 19.0 Å². The van der Waals surface area contributed by atoms with Gasteiger partial charge < -0.3 is 11.1 Å². The fraction of sp³-hybridized carbons (Fsp3) is 0.929. The standard InChI is InChI=1S/C14H28N2O/c1-11(9-15)10-16-14(17)12(2)8-13-6-4-3-5-7-13/h11-13H,3-10,15H2,1-2H3,(H,16,17). The van der Waals surface area contributed by atoms with E-state index >= 15 is 0 Å². The Bertz CT molecular complexity index is 224. The second-order valence-electron chi connectivity index (χ2n) is 5.73. The van der Waals surface area contributed by atoms with Gasteiger partial charge in [0.05, 0.1) is 0 Å². The topological polar surface area (TPSA) is 55.1 Å². The van der Waals surface area contributed by atoms with Crippen LogP contribution in [0.5, 0.6) is 0 Å². The first-order chi connectivity index (χ1) is 8.13. The summed E-state index contributed by atoms with van der Waals surface area (Å²) in [5, 5.41) is 3.00. The van der Waals surface area contributed by atoms with Crippen LogP contribution in [0.25, 0.3) is 0 Å². The smallest absolute Gasteiger partial charge is 0.222 e. The molecule has 100 valence electrons. The van der Waals surface area contributed by atoms with Gasteiger partial charge in [-0.15, -0.1) is 0 Å². The molecule has 0 saturated heterocycles. The van der Waals surface area contributed by atoms with Gasteiger partial charge in [0.25, 0.3) is 0 Å². The van der Waals surface area contributed by atoms with E-state index in [4.69, 9.17) is 5.73 Å². The fourth-order valence-corrected chi connectivity index (χ4v) is 2.56. The monoisotopic (exact) mass is 240 g/mol. The third-order valence-electron chi connectivity index (χ3n) is 3.89. The molecule has 1 aliphatic carbocycles. The van der Waals surface area contributed by atoms with Crippen LogP contribution in [-0.2, 0) is 4.79 Å². The lowest BCUT2D eigenvalue weighted by molar-refractivity contribution is -0.125. The second kappa shape index (κ2) is 7.70. The van der Waals surface area contributed by atoms with E-state index in [0.717, 1.165) is 12.3 Å². The molecule has 1 rings (SSSR count). The average molecular weight is 240 g/mol. The van der Waals surface area contributed by atoms with Crippen LogP contribution in [0.2, 0.25) is 0 Å². The number of carbonyl (C=O) groups is 1. The molecule has 0 aromatic carbocycles. The molecule has 0 spiro atoms. The van der Waals surface area contributed by atoms with E-state index < -0.39 is 0 Å². The van der Waals surface area contributed by atoms with Gasteiger partial charge in [-0.05, 0) is 24.8 Å². The summed E-state index contributed by atoms with van der Waals surface area (Å²) in [7, 11) is 0. The Morgan fingerprint density at radius 3 is 2.53 bits per heavy atom. The largest absolute Gasteiger partial charge is 0.356 e. The quantitative estimate of drug-likeness (QED) is 0.748. The lowest BCUT2D eigenvalue weighted by Gasteiger charge is -2.24. The molecular weight excluding hydrogens is 212 g/mol. The SMILES string of the molecule is CC(CN)CNC(=O)C(C)CC1CCCCC1. The van der Waals surface area contributed by atoms with E-state index in [1.165, 1.54) is 32.1 Å². The molecule has 3 N–H and O–H groups in total. The molecule has 17 heavy (non-hydrogen) atoms. The predicted molar refractivity (Wildman–Crippen MR) is 71.6 cm³/mol. The zero-order chi connectivity index (χ0) is 12.7. The minimum Gasteiger partial charge on any atom is -0.356 e. The van der Waals surface area contributed by atoms with Crippen LogP contribution in [0, 0.1) is 17.8 Å². The molecule has 0 aromatic rings.